The van der Waals surface area contributed by atoms with Crippen molar-refractivity contribution >= 4 is 34.4 Å². The van der Waals surface area contributed by atoms with Gasteiger partial charge in [0.2, 0.25) is 11.8 Å². The largest absolute Gasteiger partial charge is 0.481 e. The van der Waals surface area contributed by atoms with Crippen LogP contribution in [0, 0.1) is 0 Å². The number of methoxy groups -OCH3 is 1. The predicted octanol–water partition coefficient (Wildman–Crippen LogP) is 3.19. The molecule has 0 aliphatic carbocycles. The van der Waals surface area contributed by atoms with Crippen molar-refractivity contribution in [3.8, 4) is 5.88 Å². The van der Waals surface area contributed by atoms with E-state index in [0.717, 1.165) is 22.7 Å². The zero-order valence-corrected chi connectivity index (χ0v) is 14.3. The van der Waals surface area contributed by atoms with Gasteiger partial charge >= 0.3 is 0 Å². The van der Waals surface area contributed by atoms with Crippen molar-refractivity contribution in [1.29, 1.82) is 0 Å². The first kappa shape index (κ1) is 16.3. The maximum Gasteiger partial charge on any atom is 0.234 e. The minimum Gasteiger partial charge on any atom is -0.481 e. The molecule has 1 N–H and O–H groups in total. The molecule has 0 fully saturated rings. The summed E-state index contributed by atoms with van der Waals surface area (Å²) in [7, 11) is 1.55. The number of carbonyl (C=O) groups is 1. The number of hydrogen-bond donors (Lipinski definition) is 1. The predicted molar refractivity (Wildman–Crippen MR) is 95.5 cm³/mol. The van der Waals surface area contributed by atoms with Crippen LogP contribution in [0.5, 0.6) is 5.88 Å². The van der Waals surface area contributed by atoms with E-state index in [9.17, 15) is 4.79 Å². The van der Waals surface area contributed by atoms with Gasteiger partial charge < -0.3 is 14.6 Å². The summed E-state index contributed by atoms with van der Waals surface area (Å²) in [5.41, 5.74) is 2.68. The number of rotatable bonds is 6. The second-order valence-corrected chi connectivity index (χ2v) is 6.00. The normalized spacial score (nSPS) is 10.8. The molecule has 0 unspecified atom stereocenters. The van der Waals surface area contributed by atoms with Gasteiger partial charge in [0.1, 0.15) is 0 Å². The van der Waals surface area contributed by atoms with E-state index in [1.165, 1.54) is 11.8 Å². The highest BCUT2D eigenvalue weighted by Crippen LogP contribution is 2.24. The molecule has 2 aromatic heterocycles. The standard InChI is InChI=1S/C17H18N4O2S/c1-3-21-14-7-5-4-6-13(14)20-17(21)24-11-15(22)19-12-8-9-16(23-2)18-10-12/h4-10H,3,11H2,1-2H3,(H,19,22). The zero-order valence-electron chi connectivity index (χ0n) is 13.5. The number of pyridine rings is 1. The van der Waals surface area contributed by atoms with Crippen LogP contribution in [0.4, 0.5) is 5.69 Å². The molecule has 3 rings (SSSR count). The number of ether oxygens (including phenoxy) is 1. The highest BCUT2D eigenvalue weighted by atomic mass is 32.2. The summed E-state index contributed by atoms with van der Waals surface area (Å²) in [4.78, 5) is 20.8. The topological polar surface area (TPSA) is 69.0 Å². The molecule has 0 spiro atoms. The van der Waals surface area contributed by atoms with Crippen molar-refractivity contribution in [1.82, 2.24) is 14.5 Å². The number of carbonyl (C=O) groups excluding carboxylic acids is 1. The molecule has 3 aromatic rings. The van der Waals surface area contributed by atoms with Crippen LogP contribution in [0.25, 0.3) is 11.0 Å². The molecule has 0 bridgehead atoms. The Kier molecular flexibility index (Phi) is 5.00. The Hall–Kier alpha value is -2.54. The second-order valence-electron chi connectivity index (χ2n) is 5.05. The third kappa shape index (κ3) is 3.51. The maximum atomic E-state index is 12.1. The Balaban J connectivity index is 1.65. The van der Waals surface area contributed by atoms with Crippen LogP contribution < -0.4 is 10.1 Å². The van der Waals surface area contributed by atoms with Crippen LogP contribution in [0.3, 0.4) is 0 Å². The first-order valence-corrected chi connectivity index (χ1v) is 8.57. The molecule has 0 saturated heterocycles. The second kappa shape index (κ2) is 7.35. The summed E-state index contributed by atoms with van der Waals surface area (Å²) in [6.45, 7) is 2.88. The Bertz CT molecular complexity index is 845. The number of thioether (sulfide) groups is 1. The monoisotopic (exact) mass is 342 g/mol. The number of aromatic nitrogens is 3. The number of hydrogen-bond acceptors (Lipinski definition) is 5. The number of anilines is 1. The first-order chi connectivity index (χ1) is 11.7. The summed E-state index contributed by atoms with van der Waals surface area (Å²) >= 11 is 1.43. The lowest BCUT2D eigenvalue weighted by molar-refractivity contribution is -0.113. The highest BCUT2D eigenvalue weighted by molar-refractivity contribution is 7.99. The molecule has 0 radical (unpaired) electrons. The molecular formula is C17H18N4O2S. The Morgan fingerprint density at radius 2 is 2.12 bits per heavy atom. The molecule has 0 saturated carbocycles. The minimum atomic E-state index is -0.0957. The molecule has 24 heavy (non-hydrogen) atoms. The van der Waals surface area contributed by atoms with Crippen LogP contribution in [-0.2, 0) is 11.3 Å². The van der Waals surface area contributed by atoms with E-state index in [0.29, 0.717) is 11.6 Å². The van der Waals surface area contributed by atoms with Gasteiger partial charge in [-0.3, -0.25) is 4.79 Å². The van der Waals surface area contributed by atoms with Crippen LogP contribution in [0.2, 0.25) is 0 Å². The molecule has 6 nitrogen and oxygen atoms in total. The Labute approximate surface area is 144 Å². The summed E-state index contributed by atoms with van der Waals surface area (Å²) in [5, 5.41) is 3.67. The number of fused-ring (bicyclic) bond motifs is 1. The van der Waals surface area contributed by atoms with Gasteiger partial charge in [-0.05, 0) is 25.1 Å². The van der Waals surface area contributed by atoms with Gasteiger partial charge in [0.25, 0.3) is 0 Å². The summed E-state index contributed by atoms with van der Waals surface area (Å²) < 4.78 is 7.11. The molecule has 7 heteroatoms. The first-order valence-electron chi connectivity index (χ1n) is 7.59. The molecule has 0 aliphatic rings. The lowest BCUT2D eigenvalue weighted by atomic mass is 10.3. The fraction of sp³-hybridized carbons (Fsp3) is 0.235. The van der Waals surface area contributed by atoms with Gasteiger partial charge in [-0.15, -0.1) is 0 Å². The van der Waals surface area contributed by atoms with Crippen molar-refractivity contribution in [3.63, 3.8) is 0 Å². The van der Waals surface area contributed by atoms with Gasteiger partial charge in [0, 0.05) is 12.6 Å². The van der Waals surface area contributed by atoms with E-state index >= 15 is 0 Å². The molecule has 0 atom stereocenters. The van der Waals surface area contributed by atoms with Crippen LogP contribution in [0.1, 0.15) is 6.92 Å². The third-order valence-electron chi connectivity index (χ3n) is 3.50. The van der Waals surface area contributed by atoms with E-state index in [4.69, 9.17) is 4.74 Å². The summed E-state index contributed by atoms with van der Waals surface area (Å²) in [5.74, 6) is 0.704. The van der Waals surface area contributed by atoms with Gasteiger partial charge in [-0.25, -0.2) is 9.97 Å². The molecule has 1 aromatic carbocycles. The number of nitrogens with zero attached hydrogens (tertiary/aromatic N) is 3. The van der Waals surface area contributed by atoms with E-state index < -0.39 is 0 Å². The third-order valence-corrected chi connectivity index (χ3v) is 4.47. The fourth-order valence-electron chi connectivity index (χ4n) is 2.37. The van der Waals surface area contributed by atoms with E-state index in [2.05, 4.69) is 26.8 Å². The average molecular weight is 342 g/mol. The van der Waals surface area contributed by atoms with Crippen molar-refractivity contribution < 1.29 is 9.53 Å². The average Bonchev–Trinajstić information content (AvgIpc) is 2.98. The molecule has 0 aliphatic heterocycles. The number of benzene rings is 1. The van der Waals surface area contributed by atoms with Crippen LogP contribution >= 0.6 is 11.8 Å². The molecule has 1 amide bonds. The zero-order chi connectivity index (χ0) is 16.9. The molecule has 124 valence electrons. The lowest BCUT2D eigenvalue weighted by Crippen LogP contribution is -2.14. The minimum absolute atomic E-state index is 0.0957. The number of nitrogens with one attached hydrogen (secondary N) is 1. The van der Waals surface area contributed by atoms with E-state index in [-0.39, 0.29) is 11.7 Å². The van der Waals surface area contributed by atoms with Crippen molar-refractivity contribution in [2.24, 2.45) is 0 Å². The van der Waals surface area contributed by atoms with Gasteiger partial charge in [0.15, 0.2) is 5.16 Å². The summed E-state index contributed by atoms with van der Waals surface area (Å²) in [6, 6.07) is 11.4. The Morgan fingerprint density at radius 1 is 1.29 bits per heavy atom. The van der Waals surface area contributed by atoms with Crippen molar-refractivity contribution in [3.05, 3.63) is 42.6 Å². The number of aryl methyl sites for hydroxylation is 1. The Morgan fingerprint density at radius 3 is 2.83 bits per heavy atom. The summed E-state index contributed by atoms with van der Waals surface area (Å²) in [6.07, 6.45) is 1.57. The van der Waals surface area contributed by atoms with Gasteiger partial charge in [-0.2, -0.15) is 0 Å². The van der Waals surface area contributed by atoms with Crippen molar-refractivity contribution in [2.45, 2.75) is 18.6 Å². The van der Waals surface area contributed by atoms with Gasteiger partial charge in [-0.1, -0.05) is 23.9 Å². The highest BCUT2D eigenvalue weighted by Gasteiger charge is 2.12. The fourth-order valence-corrected chi connectivity index (χ4v) is 3.25. The van der Waals surface area contributed by atoms with Crippen LogP contribution in [0.15, 0.2) is 47.8 Å². The number of imidazole rings is 1. The van der Waals surface area contributed by atoms with E-state index in [1.54, 1.807) is 25.4 Å². The smallest absolute Gasteiger partial charge is 0.234 e. The lowest BCUT2D eigenvalue weighted by Gasteiger charge is -2.07. The number of amides is 1. The van der Waals surface area contributed by atoms with Gasteiger partial charge in [0.05, 0.1) is 35.8 Å². The van der Waals surface area contributed by atoms with Crippen LogP contribution in [-0.4, -0.2) is 33.3 Å². The maximum absolute atomic E-state index is 12.1. The molecular weight excluding hydrogens is 324 g/mol. The SMILES string of the molecule is CCn1c(SCC(=O)Nc2ccc(OC)nc2)nc2ccccc21. The number of para-hydroxylation sites is 2. The van der Waals surface area contributed by atoms with Crippen molar-refractivity contribution in [2.75, 3.05) is 18.2 Å². The quantitative estimate of drug-likeness (QED) is 0.697. The molecule has 2 heterocycles. The van der Waals surface area contributed by atoms with E-state index in [1.807, 2.05) is 24.3 Å².